The Kier molecular flexibility index (Phi) is 8.95. The lowest BCUT2D eigenvalue weighted by Crippen LogP contribution is -2.51. The number of likely N-dealkylation sites (tertiary alicyclic amines) is 1. The highest BCUT2D eigenvalue weighted by Crippen LogP contribution is 2.20. The van der Waals surface area contributed by atoms with E-state index in [0.29, 0.717) is 18.9 Å². The first kappa shape index (κ1) is 22.3. The third-order valence-corrected chi connectivity index (χ3v) is 4.51. The summed E-state index contributed by atoms with van der Waals surface area (Å²) in [6.45, 7) is 2.88. The van der Waals surface area contributed by atoms with Crippen LogP contribution in [0.3, 0.4) is 0 Å². The molecular weight excluding hydrogens is 364 g/mol. The van der Waals surface area contributed by atoms with Crippen molar-refractivity contribution in [2.24, 2.45) is 5.73 Å². The number of nitrogens with zero attached hydrogens (tertiary/aromatic N) is 1. The number of carbonyl (C=O) groups excluding carboxylic acids is 2. The second-order valence-corrected chi connectivity index (χ2v) is 6.49. The van der Waals surface area contributed by atoms with E-state index in [2.05, 4.69) is 5.32 Å². The van der Waals surface area contributed by atoms with Gasteiger partial charge >= 0.3 is 0 Å². The summed E-state index contributed by atoms with van der Waals surface area (Å²) in [5.74, 6) is -2.22. The van der Waals surface area contributed by atoms with Gasteiger partial charge in [0.15, 0.2) is 0 Å². The maximum absolute atomic E-state index is 13.5. The lowest BCUT2D eigenvalue weighted by atomic mass is 9.96. The van der Waals surface area contributed by atoms with Crippen molar-refractivity contribution in [3.63, 3.8) is 0 Å². The van der Waals surface area contributed by atoms with Crippen LogP contribution in [0.1, 0.15) is 49.4 Å². The van der Waals surface area contributed by atoms with Crippen molar-refractivity contribution in [1.29, 1.82) is 0 Å². The van der Waals surface area contributed by atoms with Gasteiger partial charge in [-0.2, -0.15) is 0 Å². The Bertz CT molecular complexity index is 628. The molecule has 1 aliphatic rings. The average Bonchev–Trinajstić information content (AvgIpc) is 2.58. The van der Waals surface area contributed by atoms with Gasteiger partial charge in [0.1, 0.15) is 11.6 Å². The number of carbonyl (C=O) groups is 2. The van der Waals surface area contributed by atoms with Crippen molar-refractivity contribution >= 4 is 24.2 Å². The molecule has 5 nitrogen and oxygen atoms in total. The SMILES string of the molecule is CC(N)C1CCCCN1C(=O)CCCNC(=O)c1ccc(F)cc1F.Cl. The van der Waals surface area contributed by atoms with Gasteiger partial charge in [-0.1, -0.05) is 0 Å². The van der Waals surface area contributed by atoms with Gasteiger partial charge in [-0.3, -0.25) is 9.59 Å². The molecular formula is C18H26ClF2N3O2. The molecule has 26 heavy (non-hydrogen) atoms. The van der Waals surface area contributed by atoms with Crippen LogP contribution in [0.2, 0.25) is 0 Å². The van der Waals surface area contributed by atoms with E-state index in [1.807, 2.05) is 11.8 Å². The average molecular weight is 390 g/mol. The second kappa shape index (κ2) is 10.4. The lowest BCUT2D eigenvalue weighted by molar-refractivity contribution is -0.135. The van der Waals surface area contributed by atoms with Gasteiger partial charge in [-0.15, -0.1) is 12.4 Å². The van der Waals surface area contributed by atoms with Gasteiger partial charge in [0.2, 0.25) is 5.91 Å². The molecule has 1 aromatic carbocycles. The van der Waals surface area contributed by atoms with Gasteiger partial charge in [0.25, 0.3) is 5.91 Å². The van der Waals surface area contributed by atoms with Gasteiger partial charge < -0.3 is 16.0 Å². The van der Waals surface area contributed by atoms with Crippen molar-refractivity contribution in [2.75, 3.05) is 13.1 Å². The van der Waals surface area contributed by atoms with Crippen LogP contribution in [0, 0.1) is 11.6 Å². The van der Waals surface area contributed by atoms with Crippen LogP contribution in [0.25, 0.3) is 0 Å². The number of nitrogens with two attached hydrogens (primary N) is 1. The Labute approximate surface area is 158 Å². The molecule has 146 valence electrons. The highest BCUT2D eigenvalue weighted by atomic mass is 35.5. The minimum atomic E-state index is -0.901. The topological polar surface area (TPSA) is 75.4 Å². The quantitative estimate of drug-likeness (QED) is 0.734. The van der Waals surface area contributed by atoms with E-state index >= 15 is 0 Å². The molecule has 0 spiro atoms. The van der Waals surface area contributed by atoms with Crippen molar-refractivity contribution in [1.82, 2.24) is 10.2 Å². The predicted molar refractivity (Wildman–Crippen MR) is 98.2 cm³/mol. The zero-order chi connectivity index (χ0) is 18.4. The molecule has 0 aromatic heterocycles. The smallest absolute Gasteiger partial charge is 0.254 e. The Morgan fingerprint density at radius 1 is 1.35 bits per heavy atom. The summed E-state index contributed by atoms with van der Waals surface area (Å²) in [5, 5.41) is 2.55. The fourth-order valence-corrected chi connectivity index (χ4v) is 3.17. The maximum atomic E-state index is 13.5. The van der Waals surface area contributed by atoms with E-state index < -0.39 is 17.5 Å². The number of rotatable bonds is 6. The minimum Gasteiger partial charge on any atom is -0.352 e. The highest BCUT2D eigenvalue weighted by Gasteiger charge is 2.28. The van der Waals surface area contributed by atoms with Crippen LogP contribution in [0.5, 0.6) is 0 Å². The molecule has 1 aliphatic heterocycles. The lowest BCUT2D eigenvalue weighted by Gasteiger charge is -2.38. The van der Waals surface area contributed by atoms with Crippen LogP contribution in [0.15, 0.2) is 18.2 Å². The number of amides is 2. The molecule has 0 aliphatic carbocycles. The number of piperidine rings is 1. The molecule has 2 atom stereocenters. The molecule has 0 saturated carbocycles. The van der Waals surface area contributed by atoms with Crippen molar-refractivity contribution < 1.29 is 18.4 Å². The zero-order valence-corrected chi connectivity index (χ0v) is 15.7. The van der Waals surface area contributed by atoms with E-state index in [4.69, 9.17) is 5.73 Å². The van der Waals surface area contributed by atoms with Crippen LogP contribution >= 0.6 is 12.4 Å². The van der Waals surface area contributed by atoms with E-state index in [1.54, 1.807) is 0 Å². The largest absolute Gasteiger partial charge is 0.352 e. The van der Waals surface area contributed by atoms with E-state index in [1.165, 1.54) is 0 Å². The van der Waals surface area contributed by atoms with E-state index in [-0.39, 0.29) is 42.5 Å². The first-order valence-electron chi connectivity index (χ1n) is 8.68. The maximum Gasteiger partial charge on any atom is 0.254 e. The van der Waals surface area contributed by atoms with Gasteiger partial charge in [-0.05, 0) is 44.7 Å². The first-order valence-corrected chi connectivity index (χ1v) is 8.68. The Morgan fingerprint density at radius 3 is 2.73 bits per heavy atom. The normalized spacial score (nSPS) is 18.0. The Hall–Kier alpha value is -1.73. The number of hydrogen-bond acceptors (Lipinski definition) is 3. The van der Waals surface area contributed by atoms with Crippen LogP contribution < -0.4 is 11.1 Å². The summed E-state index contributed by atoms with van der Waals surface area (Å²) < 4.78 is 26.4. The van der Waals surface area contributed by atoms with Crippen LogP contribution in [-0.2, 0) is 4.79 Å². The monoisotopic (exact) mass is 389 g/mol. The third-order valence-electron chi connectivity index (χ3n) is 4.51. The second-order valence-electron chi connectivity index (χ2n) is 6.49. The molecule has 3 N–H and O–H groups in total. The number of nitrogens with one attached hydrogen (secondary N) is 1. The summed E-state index contributed by atoms with van der Waals surface area (Å²) in [5.41, 5.74) is 5.76. The summed E-state index contributed by atoms with van der Waals surface area (Å²) in [4.78, 5) is 26.1. The van der Waals surface area contributed by atoms with Crippen molar-refractivity contribution in [2.45, 2.75) is 51.1 Å². The standard InChI is InChI=1S/C18H25F2N3O2.ClH/c1-12(21)16-5-2-3-10-23(16)17(24)6-4-9-22-18(25)14-8-7-13(19)11-15(14)20;/h7-8,11-12,16H,2-6,9-10,21H2,1H3,(H,22,25);1H. The van der Waals surface area contributed by atoms with Gasteiger partial charge in [-0.25, -0.2) is 8.78 Å². The molecule has 2 rings (SSSR count). The van der Waals surface area contributed by atoms with Gasteiger partial charge in [0.05, 0.1) is 5.56 Å². The van der Waals surface area contributed by atoms with Crippen molar-refractivity contribution in [3.8, 4) is 0 Å². The summed E-state index contributed by atoms with van der Waals surface area (Å²) >= 11 is 0. The molecule has 0 bridgehead atoms. The van der Waals surface area contributed by atoms with Gasteiger partial charge in [0, 0.05) is 37.7 Å². The summed E-state index contributed by atoms with van der Waals surface area (Å²) in [7, 11) is 0. The van der Waals surface area contributed by atoms with E-state index in [0.717, 1.165) is 37.9 Å². The minimum absolute atomic E-state index is 0. The third kappa shape index (κ3) is 5.92. The zero-order valence-electron chi connectivity index (χ0n) is 14.8. The molecule has 1 saturated heterocycles. The summed E-state index contributed by atoms with van der Waals surface area (Å²) in [6.07, 6.45) is 3.74. The number of halogens is 3. The number of benzene rings is 1. The molecule has 2 unspecified atom stereocenters. The molecule has 2 amide bonds. The van der Waals surface area contributed by atoms with E-state index in [9.17, 15) is 18.4 Å². The first-order chi connectivity index (χ1) is 11.9. The predicted octanol–water partition coefficient (Wildman–Crippen LogP) is 2.62. The fourth-order valence-electron chi connectivity index (χ4n) is 3.17. The molecule has 0 radical (unpaired) electrons. The fraction of sp³-hybridized carbons (Fsp3) is 0.556. The Balaban J connectivity index is 0.00000338. The molecule has 1 aromatic rings. The number of hydrogen-bond donors (Lipinski definition) is 2. The van der Waals surface area contributed by atoms with Crippen LogP contribution in [0.4, 0.5) is 8.78 Å². The molecule has 1 fully saturated rings. The summed E-state index contributed by atoms with van der Waals surface area (Å²) in [6, 6.07) is 2.82. The van der Waals surface area contributed by atoms with Crippen LogP contribution in [-0.4, -0.2) is 41.9 Å². The highest BCUT2D eigenvalue weighted by molar-refractivity contribution is 5.94. The van der Waals surface area contributed by atoms with Crippen molar-refractivity contribution in [3.05, 3.63) is 35.4 Å². The Morgan fingerprint density at radius 2 is 2.08 bits per heavy atom. The molecule has 1 heterocycles. The molecule has 8 heteroatoms.